The number of hydrogen-bond acceptors (Lipinski definition) is 3. The molecule has 0 atom stereocenters. The predicted molar refractivity (Wildman–Crippen MR) is 146 cm³/mol. The fourth-order valence-corrected chi connectivity index (χ4v) is 8.07. The molecule has 1 N–H and O–H groups in total. The molecule has 4 aromatic rings. The molecule has 3 nitrogen and oxygen atoms in total. The van der Waals surface area contributed by atoms with Gasteiger partial charge in [-0.2, -0.15) is 0 Å². The van der Waals surface area contributed by atoms with E-state index in [0.717, 1.165) is 4.47 Å². The van der Waals surface area contributed by atoms with E-state index in [4.69, 9.17) is 0 Å². The van der Waals surface area contributed by atoms with Crippen LogP contribution in [0, 0.1) is 0 Å². The van der Waals surface area contributed by atoms with Gasteiger partial charge in [0, 0.05) is 31.5 Å². The molecule has 0 bridgehead atoms. The topological polar surface area (TPSA) is 54.4 Å². The second-order valence-electron chi connectivity index (χ2n) is 8.74. The Morgan fingerprint density at radius 1 is 0.686 bits per heavy atom. The lowest BCUT2D eigenvalue weighted by Crippen LogP contribution is -2.27. The van der Waals surface area contributed by atoms with Crippen LogP contribution >= 0.6 is 23.1 Å². The Balaban J connectivity index is 1.89. The fourth-order valence-electron chi connectivity index (χ4n) is 4.45. The number of Topliss-reactive ketones (excluding diaryl/α,β-unsaturated/α-hetero) is 1. The summed E-state index contributed by atoms with van der Waals surface area (Å²) in [4.78, 5) is 14.2. The second-order valence-corrected chi connectivity index (χ2v) is 12.4. The number of ketones is 1. The van der Waals surface area contributed by atoms with Gasteiger partial charge in [0.05, 0.1) is 5.60 Å². The molecule has 1 aliphatic rings. The largest absolute Gasteiger partial charge is 0.385 e. The van der Waals surface area contributed by atoms with Gasteiger partial charge in [-0.25, -0.2) is 0 Å². The monoisotopic (exact) mass is 542 g/mol. The minimum atomic E-state index is -3.60. The molecule has 1 fully saturated rings. The summed E-state index contributed by atoms with van der Waals surface area (Å²) in [7, 11) is -3.60. The molecule has 0 amide bonds. The van der Waals surface area contributed by atoms with E-state index in [1.807, 2.05) is 103 Å². The number of halogens is 1. The molecular formula is C30H24BrO3P. The van der Waals surface area contributed by atoms with Gasteiger partial charge in [-0.1, -0.05) is 107 Å². The first-order valence-electron chi connectivity index (χ1n) is 11.5. The van der Waals surface area contributed by atoms with E-state index < -0.39 is 12.7 Å². The van der Waals surface area contributed by atoms with Crippen LogP contribution < -0.4 is 10.6 Å². The van der Waals surface area contributed by atoms with Gasteiger partial charge in [-0.3, -0.25) is 4.79 Å². The molecule has 0 spiro atoms. The van der Waals surface area contributed by atoms with Gasteiger partial charge in [0.2, 0.25) is 0 Å². The standard InChI is InChI=1S/C30H24BrO3P/c31-24-18-16-23(17-19-24)28(32)27(22-10-4-1-5-11-22)29(30(33)20-21-30)35(34,25-12-6-2-7-13-25)26-14-8-3-9-15-26/h1-19,33H,20-21H2/b29-27+. The molecule has 5 heteroatoms. The van der Waals surface area contributed by atoms with E-state index in [2.05, 4.69) is 15.9 Å². The third-order valence-corrected chi connectivity index (χ3v) is 10.2. The summed E-state index contributed by atoms with van der Waals surface area (Å²) in [6.07, 6.45) is 0.909. The van der Waals surface area contributed by atoms with Crippen LogP contribution in [0.25, 0.3) is 5.57 Å². The quantitative estimate of drug-likeness (QED) is 0.163. The normalized spacial score (nSPS) is 15.3. The minimum Gasteiger partial charge on any atom is -0.385 e. The molecule has 5 rings (SSSR count). The minimum absolute atomic E-state index is 0.258. The Morgan fingerprint density at radius 3 is 1.60 bits per heavy atom. The van der Waals surface area contributed by atoms with Crippen LogP contribution in [0.15, 0.2) is 125 Å². The molecular weight excluding hydrogens is 519 g/mol. The van der Waals surface area contributed by atoms with Gasteiger partial charge >= 0.3 is 0 Å². The molecule has 0 radical (unpaired) electrons. The van der Waals surface area contributed by atoms with Crippen molar-refractivity contribution in [2.24, 2.45) is 0 Å². The van der Waals surface area contributed by atoms with E-state index in [9.17, 15) is 9.90 Å². The Morgan fingerprint density at radius 2 is 1.14 bits per heavy atom. The van der Waals surface area contributed by atoms with Crippen molar-refractivity contribution >= 4 is 45.0 Å². The van der Waals surface area contributed by atoms with Crippen LogP contribution in [0.1, 0.15) is 28.8 Å². The summed E-state index contributed by atoms with van der Waals surface area (Å²) in [5.74, 6) is -0.258. The van der Waals surface area contributed by atoms with Crippen LogP contribution in [0.2, 0.25) is 0 Å². The summed E-state index contributed by atoms with van der Waals surface area (Å²) in [6, 6.07) is 34.8. The lowest BCUT2D eigenvalue weighted by molar-refractivity contribution is 0.105. The lowest BCUT2D eigenvalue weighted by Gasteiger charge is -2.29. The maximum atomic E-state index is 15.4. The third kappa shape index (κ3) is 4.50. The first-order valence-corrected chi connectivity index (χ1v) is 14.0. The van der Waals surface area contributed by atoms with Crippen molar-refractivity contribution in [1.29, 1.82) is 0 Å². The molecule has 0 saturated heterocycles. The van der Waals surface area contributed by atoms with Gasteiger partial charge in [-0.05, 0) is 42.7 Å². The van der Waals surface area contributed by atoms with Crippen molar-refractivity contribution in [3.05, 3.63) is 136 Å². The van der Waals surface area contributed by atoms with Crippen LogP contribution in [0.5, 0.6) is 0 Å². The van der Waals surface area contributed by atoms with Gasteiger partial charge < -0.3 is 9.67 Å². The van der Waals surface area contributed by atoms with Gasteiger partial charge in [-0.15, -0.1) is 0 Å². The first-order chi connectivity index (χ1) is 16.9. The number of carbonyl (C=O) groups is 1. The number of allylic oxidation sites excluding steroid dienone is 1. The van der Waals surface area contributed by atoms with E-state index in [1.165, 1.54) is 0 Å². The molecule has 1 aliphatic carbocycles. The number of aliphatic hydroxyl groups is 1. The Labute approximate surface area is 213 Å². The highest BCUT2D eigenvalue weighted by molar-refractivity contribution is 9.10. The number of carbonyl (C=O) groups excluding carboxylic acids is 1. The number of benzene rings is 4. The van der Waals surface area contributed by atoms with Crippen LogP contribution in [-0.4, -0.2) is 16.5 Å². The SMILES string of the molecule is O=C(/C(=C(\C1(O)CC1)P(=O)(c1ccccc1)c1ccccc1)c1ccccc1)c1ccc(Br)cc1. The van der Waals surface area contributed by atoms with Crippen molar-refractivity contribution in [3.8, 4) is 0 Å². The van der Waals surface area contributed by atoms with Crippen molar-refractivity contribution < 1.29 is 14.5 Å². The van der Waals surface area contributed by atoms with Crippen molar-refractivity contribution in [2.75, 3.05) is 0 Å². The Bertz CT molecular complexity index is 1380. The lowest BCUT2D eigenvalue weighted by atomic mass is 9.94. The number of hydrogen-bond donors (Lipinski definition) is 1. The fraction of sp³-hybridized carbons (Fsp3) is 0.100. The molecule has 0 aliphatic heterocycles. The molecule has 0 unspecified atom stereocenters. The number of rotatable bonds is 7. The van der Waals surface area contributed by atoms with E-state index >= 15 is 4.57 Å². The highest BCUT2D eigenvalue weighted by Gasteiger charge is 2.54. The van der Waals surface area contributed by atoms with E-state index in [1.54, 1.807) is 12.1 Å². The van der Waals surface area contributed by atoms with Gasteiger partial charge in [0.15, 0.2) is 12.9 Å². The molecule has 0 heterocycles. The van der Waals surface area contributed by atoms with E-state index in [-0.39, 0.29) is 5.78 Å². The predicted octanol–water partition coefficient (Wildman–Crippen LogP) is 6.58. The summed E-state index contributed by atoms with van der Waals surface area (Å²) in [6.45, 7) is 0. The zero-order valence-electron chi connectivity index (χ0n) is 19.0. The van der Waals surface area contributed by atoms with Crippen molar-refractivity contribution in [1.82, 2.24) is 0 Å². The van der Waals surface area contributed by atoms with Gasteiger partial charge in [0.25, 0.3) is 0 Å². The van der Waals surface area contributed by atoms with Crippen LogP contribution in [0.3, 0.4) is 0 Å². The molecule has 4 aromatic carbocycles. The molecule has 35 heavy (non-hydrogen) atoms. The van der Waals surface area contributed by atoms with Crippen molar-refractivity contribution in [2.45, 2.75) is 18.4 Å². The first kappa shape index (κ1) is 23.7. The van der Waals surface area contributed by atoms with Crippen LogP contribution in [-0.2, 0) is 4.57 Å². The Kier molecular flexibility index (Phi) is 6.46. The maximum Gasteiger partial charge on any atom is 0.194 e. The highest BCUT2D eigenvalue weighted by Crippen LogP contribution is 2.64. The zero-order valence-corrected chi connectivity index (χ0v) is 21.5. The Hall–Kier alpha value is -3.04. The smallest absolute Gasteiger partial charge is 0.194 e. The summed E-state index contributed by atoms with van der Waals surface area (Å²) >= 11 is 3.43. The zero-order chi connectivity index (χ0) is 24.5. The third-order valence-electron chi connectivity index (χ3n) is 6.35. The van der Waals surface area contributed by atoms with Crippen LogP contribution in [0.4, 0.5) is 0 Å². The maximum absolute atomic E-state index is 15.4. The molecule has 1 saturated carbocycles. The van der Waals surface area contributed by atoms with Gasteiger partial charge in [0.1, 0.15) is 0 Å². The molecule has 174 valence electrons. The average Bonchev–Trinajstić information content (AvgIpc) is 3.66. The average molecular weight is 543 g/mol. The summed E-state index contributed by atoms with van der Waals surface area (Å²) < 4.78 is 16.3. The van der Waals surface area contributed by atoms with E-state index in [0.29, 0.717) is 45.5 Å². The van der Waals surface area contributed by atoms with Crippen molar-refractivity contribution in [3.63, 3.8) is 0 Å². The molecule has 0 aromatic heterocycles. The highest BCUT2D eigenvalue weighted by atomic mass is 79.9. The second kappa shape index (κ2) is 9.54. The summed E-state index contributed by atoms with van der Waals surface area (Å²) in [5, 5.41) is 13.2. The summed E-state index contributed by atoms with van der Waals surface area (Å²) in [5.41, 5.74) is 0.102.